The second kappa shape index (κ2) is 4.59. The number of furan rings is 1. The molecule has 3 aromatic heterocycles. The molecular formula is C15H14N4O. The monoisotopic (exact) mass is 266 g/mol. The second-order valence-electron chi connectivity index (χ2n) is 4.98. The topological polar surface area (TPSA) is 63.8 Å². The largest absolute Gasteiger partial charge is 0.469 e. The van der Waals surface area contributed by atoms with E-state index in [2.05, 4.69) is 20.3 Å². The second-order valence-corrected chi connectivity index (χ2v) is 4.98. The van der Waals surface area contributed by atoms with Crippen molar-refractivity contribution in [1.29, 1.82) is 0 Å². The maximum atomic E-state index is 5.52. The quantitative estimate of drug-likeness (QED) is 0.772. The molecule has 100 valence electrons. The van der Waals surface area contributed by atoms with Crippen molar-refractivity contribution in [1.82, 2.24) is 15.0 Å². The third-order valence-corrected chi connectivity index (χ3v) is 3.76. The molecule has 0 bridgehead atoms. The van der Waals surface area contributed by atoms with E-state index < -0.39 is 0 Å². The SMILES string of the molecule is c1cnc2c(NC3CCCc4occc43)ncnc2c1. The van der Waals surface area contributed by atoms with Crippen molar-refractivity contribution >= 4 is 16.9 Å². The van der Waals surface area contributed by atoms with Crippen molar-refractivity contribution in [2.45, 2.75) is 25.3 Å². The molecule has 0 aliphatic heterocycles. The van der Waals surface area contributed by atoms with Crippen LogP contribution in [0.25, 0.3) is 11.0 Å². The number of nitrogens with one attached hydrogen (secondary N) is 1. The van der Waals surface area contributed by atoms with E-state index in [-0.39, 0.29) is 6.04 Å². The predicted octanol–water partition coefficient (Wildman–Crippen LogP) is 3.11. The van der Waals surface area contributed by atoms with Crippen molar-refractivity contribution < 1.29 is 4.42 Å². The van der Waals surface area contributed by atoms with Gasteiger partial charge in [0.2, 0.25) is 0 Å². The summed E-state index contributed by atoms with van der Waals surface area (Å²) in [7, 11) is 0. The molecule has 0 amide bonds. The molecule has 1 aliphatic rings. The highest BCUT2D eigenvalue weighted by molar-refractivity contribution is 5.84. The number of hydrogen-bond donors (Lipinski definition) is 1. The van der Waals surface area contributed by atoms with E-state index in [0.29, 0.717) is 0 Å². The summed E-state index contributed by atoms with van der Waals surface area (Å²) < 4.78 is 5.52. The van der Waals surface area contributed by atoms with Crippen LogP contribution in [0.1, 0.15) is 30.2 Å². The summed E-state index contributed by atoms with van der Waals surface area (Å²) in [4.78, 5) is 13.0. The molecule has 20 heavy (non-hydrogen) atoms. The average molecular weight is 266 g/mol. The highest BCUT2D eigenvalue weighted by Gasteiger charge is 2.23. The molecule has 5 nitrogen and oxygen atoms in total. The third-order valence-electron chi connectivity index (χ3n) is 3.76. The van der Waals surface area contributed by atoms with Gasteiger partial charge in [0.25, 0.3) is 0 Å². The number of anilines is 1. The summed E-state index contributed by atoms with van der Waals surface area (Å²) in [6.07, 6.45) is 8.32. The fourth-order valence-corrected chi connectivity index (χ4v) is 2.80. The maximum absolute atomic E-state index is 5.52. The van der Waals surface area contributed by atoms with Crippen molar-refractivity contribution in [3.05, 3.63) is 48.3 Å². The summed E-state index contributed by atoms with van der Waals surface area (Å²) >= 11 is 0. The zero-order valence-corrected chi connectivity index (χ0v) is 10.9. The van der Waals surface area contributed by atoms with E-state index >= 15 is 0 Å². The molecule has 3 heterocycles. The predicted molar refractivity (Wildman–Crippen MR) is 75.3 cm³/mol. The first-order chi connectivity index (χ1) is 9.92. The number of fused-ring (bicyclic) bond motifs is 2. The van der Waals surface area contributed by atoms with Gasteiger partial charge in [0.1, 0.15) is 17.6 Å². The molecule has 0 fully saturated rings. The van der Waals surface area contributed by atoms with Gasteiger partial charge >= 0.3 is 0 Å². The van der Waals surface area contributed by atoms with Gasteiger partial charge in [-0.05, 0) is 31.0 Å². The number of pyridine rings is 1. The average Bonchev–Trinajstić information content (AvgIpc) is 2.97. The minimum absolute atomic E-state index is 0.234. The van der Waals surface area contributed by atoms with Gasteiger partial charge in [-0.3, -0.25) is 4.98 Å². The smallest absolute Gasteiger partial charge is 0.156 e. The lowest BCUT2D eigenvalue weighted by Crippen LogP contribution is -2.17. The van der Waals surface area contributed by atoms with E-state index in [1.165, 1.54) is 5.56 Å². The Bertz CT molecular complexity index is 747. The minimum Gasteiger partial charge on any atom is -0.469 e. The van der Waals surface area contributed by atoms with Crippen molar-refractivity contribution in [3.8, 4) is 0 Å². The van der Waals surface area contributed by atoms with Crippen LogP contribution >= 0.6 is 0 Å². The van der Waals surface area contributed by atoms with Crippen LogP contribution in [0.2, 0.25) is 0 Å². The first-order valence-electron chi connectivity index (χ1n) is 6.80. The fraction of sp³-hybridized carbons (Fsp3) is 0.267. The van der Waals surface area contributed by atoms with E-state index in [4.69, 9.17) is 4.42 Å². The Kier molecular flexibility index (Phi) is 2.62. The Balaban J connectivity index is 1.73. The molecule has 1 unspecified atom stereocenters. The Morgan fingerprint density at radius 2 is 2.20 bits per heavy atom. The van der Waals surface area contributed by atoms with Crippen LogP contribution < -0.4 is 5.32 Å². The summed E-state index contributed by atoms with van der Waals surface area (Å²) in [6, 6.07) is 6.11. The molecular weight excluding hydrogens is 252 g/mol. The van der Waals surface area contributed by atoms with Crippen molar-refractivity contribution in [2.24, 2.45) is 0 Å². The zero-order valence-electron chi connectivity index (χ0n) is 10.9. The molecule has 1 aliphatic carbocycles. The highest BCUT2D eigenvalue weighted by Crippen LogP contribution is 2.33. The van der Waals surface area contributed by atoms with Gasteiger partial charge in [-0.25, -0.2) is 9.97 Å². The molecule has 0 radical (unpaired) electrons. The zero-order chi connectivity index (χ0) is 13.4. The van der Waals surface area contributed by atoms with Crippen LogP contribution in [-0.4, -0.2) is 15.0 Å². The summed E-state index contributed by atoms with van der Waals surface area (Å²) in [6.45, 7) is 0. The molecule has 4 rings (SSSR count). The van der Waals surface area contributed by atoms with Crippen LogP contribution in [-0.2, 0) is 6.42 Å². The van der Waals surface area contributed by atoms with Gasteiger partial charge in [0.05, 0.1) is 17.8 Å². The normalized spacial score (nSPS) is 17.9. The van der Waals surface area contributed by atoms with E-state index in [0.717, 1.165) is 41.9 Å². The van der Waals surface area contributed by atoms with Crippen LogP contribution in [0, 0.1) is 0 Å². The number of nitrogens with zero attached hydrogens (tertiary/aromatic N) is 3. The van der Waals surface area contributed by atoms with Gasteiger partial charge in [0.15, 0.2) is 5.82 Å². The van der Waals surface area contributed by atoms with Gasteiger partial charge in [0, 0.05) is 18.2 Å². The summed E-state index contributed by atoms with van der Waals surface area (Å²) in [5, 5.41) is 3.49. The lowest BCUT2D eigenvalue weighted by Gasteiger charge is -2.23. The van der Waals surface area contributed by atoms with Gasteiger partial charge < -0.3 is 9.73 Å². The number of hydrogen-bond acceptors (Lipinski definition) is 5. The van der Waals surface area contributed by atoms with E-state index in [1.54, 1.807) is 18.8 Å². The first kappa shape index (κ1) is 11.4. The lowest BCUT2D eigenvalue weighted by atomic mass is 9.93. The first-order valence-corrected chi connectivity index (χ1v) is 6.80. The van der Waals surface area contributed by atoms with Crippen LogP contribution in [0.3, 0.4) is 0 Å². The Labute approximate surface area is 116 Å². The summed E-state index contributed by atoms with van der Waals surface area (Å²) in [5.74, 6) is 1.87. The molecule has 5 heteroatoms. The van der Waals surface area contributed by atoms with Crippen molar-refractivity contribution in [3.63, 3.8) is 0 Å². The number of aromatic nitrogens is 3. The maximum Gasteiger partial charge on any atom is 0.156 e. The Hall–Kier alpha value is -2.43. The van der Waals surface area contributed by atoms with Crippen molar-refractivity contribution in [2.75, 3.05) is 5.32 Å². The highest BCUT2D eigenvalue weighted by atomic mass is 16.3. The molecule has 0 aromatic carbocycles. The molecule has 3 aromatic rings. The standard InChI is InChI=1S/C15H14N4O/c1-3-11(10-6-8-20-13(10)5-1)19-15-14-12(17-9-18-15)4-2-7-16-14/h2,4,6-9,11H,1,3,5H2,(H,17,18,19). The molecule has 0 saturated carbocycles. The molecule has 0 saturated heterocycles. The van der Waals surface area contributed by atoms with Crippen LogP contribution in [0.5, 0.6) is 0 Å². The molecule has 0 spiro atoms. The lowest BCUT2D eigenvalue weighted by molar-refractivity contribution is 0.461. The molecule has 1 atom stereocenters. The van der Waals surface area contributed by atoms with Gasteiger partial charge in [-0.1, -0.05) is 0 Å². The van der Waals surface area contributed by atoms with E-state index in [1.807, 2.05) is 18.2 Å². The van der Waals surface area contributed by atoms with Crippen LogP contribution in [0.4, 0.5) is 5.82 Å². The van der Waals surface area contributed by atoms with Gasteiger partial charge in [-0.2, -0.15) is 0 Å². The number of aryl methyl sites for hydroxylation is 1. The van der Waals surface area contributed by atoms with Gasteiger partial charge in [-0.15, -0.1) is 0 Å². The van der Waals surface area contributed by atoms with Crippen LogP contribution in [0.15, 0.2) is 41.4 Å². The van der Waals surface area contributed by atoms with E-state index in [9.17, 15) is 0 Å². The molecule has 1 N–H and O–H groups in total. The summed E-state index contributed by atoms with van der Waals surface area (Å²) in [5.41, 5.74) is 2.90. The minimum atomic E-state index is 0.234. The fourth-order valence-electron chi connectivity index (χ4n) is 2.80. The number of rotatable bonds is 2. The Morgan fingerprint density at radius 3 is 3.20 bits per heavy atom. The third kappa shape index (κ3) is 1.82. The Morgan fingerprint density at radius 1 is 1.20 bits per heavy atom.